The lowest BCUT2D eigenvalue weighted by molar-refractivity contribution is 0.00289. The summed E-state index contributed by atoms with van der Waals surface area (Å²) in [7, 11) is 3.04. The average Bonchev–Trinajstić information content (AvgIpc) is 2.41. The predicted octanol–water partition coefficient (Wildman–Crippen LogP) is 0.0555. The minimum atomic E-state index is -0.473. The second-order valence-electron chi connectivity index (χ2n) is 3.96. The Labute approximate surface area is 105 Å². The maximum absolute atomic E-state index is 9.82. The quantitative estimate of drug-likeness (QED) is 0.786. The van der Waals surface area contributed by atoms with Crippen LogP contribution in [0.5, 0.6) is 11.8 Å². The predicted molar refractivity (Wildman–Crippen MR) is 64.0 cm³/mol. The van der Waals surface area contributed by atoms with Gasteiger partial charge in [-0.3, -0.25) is 0 Å². The molecule has 7 nitrogen and oxygen atoms in total. The first kappa shape index (κ1) is 12.8. The van der Waals surface area contributed by atoms with E-state index in [1.54, 1.807) is 6.07 Å². The summed E-state index contributed by atoms with van der Waals surface area (Å²) in [5.74, 6) is 1.15. The zero-order valence-electron chi connectivity index (χ0n) is 10.4. The molecule has 1 aromatic heterocycles. The van der Waals surface area contributed by atoms with Crippen molar-refractivity contribution in [2.75, 3.05) is 32.8 Å². The highest BCUT2D eigenvalue weighted by Gasteiger charge is 2.24. The molecule has 0 amide bonds. The van der Waals surface area contributed by atoms with E-state index in [1.165, 1.54) is 14.2 Å². The molecule has 0 aliphatic carbocycles. The third kappa shape index (κ3) is 2.99. The van der Waals surface area contributed by atoms with Gasteiger partial charge in [-0.15, -0.1) is 0 Å². The topological polar surface area (TPSA) is 85.7 Å². The first-order valence-electron chi connectivity index (χ1n) is 5.72. The van der Waals surface area contributed by atoms with Gasteiger partial charge in [0.05, 0.1) is 39.0 Å². The molecular weight excluding hydrogens is 238 g/mol. The summed E-state index contributed by atoms with van der Waals surface area (Å²) < 4.78 is 15.4. The summed E-state index contributed by atoms with van der Waals surface area (Å²) in [6.45, 7) is 0.992. The maximum atomic E-state index is 9.82. The molecule has 2 N–H and O–H groups in total. The molecule has 0 aromatic carbocycles. The summed E-state index contributed by atoms with van der Waals surface area (Å²) >= 11 is 0. The van der Waals surface area contributed by atoms with Gasteiger partial charge in [-0.1, -0.05) is 0 Å². The van der Waals surface area contributed by atoms with E-state index < -0.39 is 6.10 Å². The largest absolute Gasteiger partial charge is 0.481 e. The number of anilines is 1. The molecule has 1 aliphatic rings. The Bertz CT molecular complexity index is 380. The number of hydrogen-bond acceptors (Lipinski definition) is 7. The number of methoxy groups -OCH3 is 2. The summed E-state index contributed by atoms with van der Waals surface area (Å²) in [4.78, 5) is 8.27. The van der Waals surface area contributed by atoms with Crippen LogP contribution in [0, 0.1) is 0 Å². The molecule has 1 saturated heterocycles. The first-order valence-corrected chi connectivity index (χ1v) is 5.72. The highest BCUT2D eigenvalue weighted by atomic mass is 16.5. The van der Waals surface area contributed by atoms with Crippen LogP contribution >= 0.6 is 0 Å². The molecule has 2 rings (SSSR count). The van der Waals surface area contributed by atoms with Crippen molar-refractivity contribution < 1.29 is 19.3 Å². The van der Waals surface area contributed by atoms with Crippen LogP contribution in [-0.4, -0.2) is 54.7 Å². The Morgan fingerprint density at radius 1 is 1.33 bits per heavy atom. The SMILES string of the molecule is COc1cc(OC)nc(N[C@@H]2COCC[C@H]2O)n1. The normalized spacial score (nSPS) is 23.5. The van der Waals surface area contributed by atoms with Crippen LogP contribution in [0.25, 0.3) is 0 Å². The van der Waals surface area contributed by atoms with Gasteiger partial charge in [0, 0.05) is 6.61 Å². The molecule has 0 radical (unpaired) electrons. The van der Waals surface area contributed by atoms with E-state index >= 15 is 0 Å². The number of ether oxygens (including phenoxy) is 3. The summed E-state index contributed by atoms with van der Waals surface area (Å²) in [5, 5.41) is 12.8. The van der Waals surface area contributed by atoms with Crippen molar-refractivity contribution in [2.24, 2.45) is 0 Å². The lowest BCUT2D eigenvalue weighted by atomic mass is 10.1. The number of aliphatic hydroxyl groups is 1. The lowest BCUT2D eigenvalue weighted by Gasteiger charge is -2.28. The van der Waals surface area contributed by atoms with Gasteiger partial charge in [0.15, 0.2) is 0 Å². The van der Waals surface area contributed by atoms with Crippen LogP contribution in [0.2, 0.25) is 0 Å². The molecule has 100 valence electrons. The Kier molecular flexibility index (Phi) is 4.16. The van der Waals surface area contributed by atoms with Crippen LogP contribution in [0.1, 0.15) is 6.42 Å². The molecule has 18 heavy (non-hydrogen) atoms. The van der Waals surface area contributed by atoms with Gasteiger partial charge >= 0.3 is 0 Å². The zero-order chi connectivity index (χ0) is 13.0. The molecule has 7 heteroatoms. The molecular formula is C11H17N3O4. The van der Waals surface area contributed by atoms with E-state index in [9.17, 15) is 5.11 Å². The van der Waals surface area contributed by atoms with Crippen molar-refractivity contribution in [1.82, 2.24) is 9.97 Å². The van der Waals surface area contributed by atoms with Crippen LogP contribution in [0.15, 0.2) is 6.07 Å². The number of nitrogens with zero attached hydrogens (tertiary/aromatic N) is 2. The Hall–Kier alpha value is -1.60. The van der Waals surface area contributed by atoms with Crippen molar-refractivity contribution in [3.05, 3.63) is 6.07 Å². The fourth-order valence-electron chi connectivity index (χ4n) is 1.71. The van der Waals surface area contributed by atoms with Crippen LogP contribution < -0.4 is 14.8 Å². The van der Waals surface area contributed by atoms with Crippen molar-refractivity contribution in [3.8, 4) is 11.8 Å². The minimum absolute atomic E-state index is 0.226. The second kappa shape index (κ2) is 5.83. The van der Waals surface area contributed by atoms with E-state index in [0.717, 1.165) is 0 Å². The lowest BCUT2D eigenvalue weighted by Crippen LogP contribution is -2.42. The molecule has 0 spiro atoms. The van der Waals surface area contributed by atoms with Gasteiger partial charge in [-0.25, -0.2) is 0 Å². The van der Waals surface area contributed by atoms with Gasteiger partial charge in [0.2, 0.25) is 17.7 Å². The van der Waals surface area contributed by atoms with Gasteiger partial charge in [0.25, 0.3) is 0 Å². The van der Waals surface area contributed by atoms with Gasteiger partial charge in [-0.2, -0.15) is 9.97 Å². The standard InChI is InChI=1S/C11H17N3O4/c1-16-9-5-10(17-2)14-11(13-9)12-7-6-18-4-3-8(7)15/h5,7-8,15H,3-4,6H2,1-2H3,(H,12,13,14)/t7-,8-/m1/s1. The molecule has 2 atom stereocenters. The van der Waals surface area contributed by atoms with Crippen molar-refractivity contribution in [3.63, 3.8) is 0 Å². The number of aliphatic hydroxyl groups excluding tert-OH is 1. The smallest absolute Gasteiger partial charge is 0.229 e. The van der Waals surface area contributed by atoms with E-state index in [-0.39, 0.29) is 6.04 Å². The highest BCUT2D eigenvalue weighted by Crippen LogP contribution is 2.19. The third-order valence-corrected chi connectivity index (χ3v) is 2.73. The molecule has 0 saturated carbocycles. The molecule has 0 unspecified atom stereocenters. The van der Waals surface area contributed by atoms with E-state index in [0.29, 0.717) is 37.3 Å². The monoisotopic (exact) mass is 255 g/mol. The van der Waals surface area contributed by atoms with Crippen molar-refractivity contribution in [1.29, 1.82) is 0 Å². The number of nitrogens with one attached hydrogen (secondary N) is 1. The minimum Gasteiger partial charge on any atom is -0.481 e. The molecule has 1 aromatic rings. The second-order valence-corrected chi connectivity index (χ2v) is 3.96. The van der Waals surface area contributed by atoms with E-state index in [2.05, 4.69) is 15.3 Å². The van der Waals surface area contributed by atoms with Crippen molar-refractivity contribution >= 4 is 5.95 Å². The van der Waals surface area contributed by atoms with Crippen LogP contribution in [0.4, 0.5) is 5.95 Å². The number of aromatic nitrogens is 2. The maximum Gasteiger partial charge on any atom is 0.229 e. The zero-order valence-corrected chi connectivity index (χ0v) is 10.4. The highest BCUT2D eigenvalue weighted by molar-refractivity contribution is 5.35. The Morgan fingerprint density at radius 2 is 2.00 bits per heavy atom. The van der Waals surface area contributed by atoms with Crippen LogP contribution in [-0.2, 0) is 4.74 Å². The molecule has 1 aliphatic heterocycles. The fourth-order valence-corrected chi connectivity index (χ4v) is 1.71. The number of rotatable bonds is 4. The van der Waals surface area contributed by atoms with E-state index in [1.807, 2.05) is 0 Å². The fraction of sp³-hybridized carbons (Fsp3) is 0.636. The third-order valence-electron chi connectivity index (χ3n) is 2.73. The summed E-state index contributed by atoms with van der Waals surface area (Å²) in [5.41, 5.74) is 0. The first-order chi connectivity index (χ1) is 8.72. The van der Waals surface area contributed by atoms with Gasteiger partial charge in [0.1, 0.15) is 0 Å². The van der Waals surface area contributed by atoms with E-state index in [4.69, 9.17) is 14.2 Å². The average molecular weight is 255 g/mol. The number of hydrogen-bond donors (Lipinski definition) is 2. The summed E-state index contributed by atoms with van der Waals surface area (Å²) in [6.07, 6.45) is 0.123. The Balaban J connectivity index is 2.12. The molecule has 0 bridgehead atoms. The van der Waals surface area contributed by atoms with Crippen molar-refractivity contribution in [2.45, 2.75) is 18.6 Å². The Morgan fingerprint density at radius 3 is 2.56 bits per heavy atom. The molecule has 1 fully saturated rings. The van der Waals surface area contributed by atoms with Crippen LogP contribution in [0.3, 0.4) is 0 Å². The van der Waals surface area contributed by atoms with Gasteiger partial charge in [-0.05, 0) is 6.42 Å². The van der Waals surface area contributed by atoms with Gasteiger partial charge < -0.3 is 24.6 Å². The molecule has 2 heterocycles. The summed E-state index contributed by atoms with van der Waals surface area (Å²) in [6, 6.07) is 1.36.